The van der Waals surface area contributed by atoms with Crippen LogP contribution in [0.25, 0.3) is 11.0 Å². The molecule has 0 unspecified atom stereocenters. The molecule has 1 aromatic heterocycles. The van der Waals surface area contributed by atoms with Gasteiger partial charge in [-0.1, -0.05) is 23.2 Å². The predicted molar refractivity (Wildman–Crippen MR) is 53.9 cm³/mol. The van der Waals surface area contributed by atoms with E-state index < -0.39 is 0 Å². The topological polar surface area (TPSA) is 13.1 Å². The van der Waals surface area contributed by atoms with Crippen LogP contribution in [-0.2, 0) is 0 Å². The van der Waals surface area contributed by atoms with Crippen molar-refractivity contribution in [3.05, 3.63) is 32.9 Å². The van der Waals surface area contributed by atoms with Crippen molar-refractivity contribution in [1.82, 2.24) is 0 Å². The van der Waals surface area contributed by atoms with Crippen LogP contribution in [0.15, 0.2) is 27.3 Å². The highest BCUT2D eigenvalue weighted by molar-refractivity contribution is 9.10. The molecular weight excluding hydrogens is 263 g/mol. The Morgan fingerprint density at radius 2 is 2.00 bits per heavy atom. The summed E-state index contributed by atoms with van der Waals surface area (Å²) in [6.45, 7) is 0. The minimum atomic E-state index is 0.531. The van der Waals surface area contributed by atoms with Gasteiger partial charge in [0.25, 0.3) is 0 Å². The second-order valence-electron chi connectivity index (χ2n) is 2.35. The Balaban J connectivity index is 2.92. The van der Waals surface area contributed by atoms with E-state index in [1.54, 1.807) is 18.4 Å². The van der Waals surface area contributed by atoms with Crippen LogP contribution in [0.1, 0.15) is 0 Å². The van der Waals surface area contributed by atoms with Crippen molar-refractivity contribution < 1.29 is 4.42 Å². The van der Waals surface area contributed by atoms with Gasteiger partial charge in [-0.25, -0.2) is 0 Å². The first-order valence-corrected chi connectivity index (χ1v) is 4.75. The molecule has 0 atom stereocenters. The van der Waals surface area contributed by atoms with Crippen molar-refractivity contribution in [3.63, 3.8) is 0 Å². The Morgan fingerprint density at radius 3 is 2.75 bits per heavy atom. The molecule has 1 aromatic carbocycles. The molecule has 0 aliphatic carbocycles. The second-order valence-corrected chi connectivity index (χ2v) is 4.05. The fraction of sp³-hybridized carbons (Fsp3) is 0. The van der Waals surface area contributed by atoms with E-state index in [2.05, 4.69) is 15.9 Å². The van der Waals surface area contributed by atoms with Crippen molar-refractivity contribution >= 4 is 50.1 Å². The molecule has 0 fully saturated rings. The first-order chi connectivity index (χ1) is 5.68. The number of halogens is 3. The highest BCUT2D eigenvalue weighted by Gasteiger charge is 2.07. The van der Waals surface area contributed by atoms with Crippen molar-refractivity contribution in [1.29, 1.82) is 0 Å². The maximum atomic E-state index is 5.88. The Kier molecular flexibility index (Phi) is 2.07. The molecule has 1 nitrogen and oxygen atoms in total. The van der Waals surface area contributed by atoms with Gasteiger partial charge in [0.1, 0.15) is 6.26 Å². The van der Waals surface area contributed by atoms with Gasteiger partial charge >= 0.3 is 0 Å². The molecule has 12 heavy (non-hydrogen) atoms. The van der Waals surface area contributed by atoms with Gasteiger partial charge in [0, 0.05) is 10.4 Å². The summed E-state index contributed by atoms with van der Waals surface area (Å²) in [5, 5.41) is 2.03. The molecule has 4 heteroatoms. The van der Waals surface area contributed by atoms with E-state index in [4.69, 9.17) is 27.6 Å². The molecule has 0 aliphatic rings. The van der Waals surface area contributed by atoms with E-state index in [0.717, 1.165) is 9.86 Å². The van der Waals surface area contributed by atoms with Crippen LogP contribution in [0.3, 0.4) is 0 Å². The van der Waals surface area contributed by atoms with Gasteiger partial charge in [0.05, 0.1) is 9.50 Å². The van der Waals surface area contributed by atoms with Crippen molar-refractivity contribution in [2.45, 2.75) is 0 Å². The van der Waals surface area contributed by atoms with E-state index >= 15 is 0 Å². The molecule has 0 N–H and O–H groups in total. The quantitative estimate of drug-likeness (QED) is 0.684. The largest absolute Gasteiger partial charge is 0.462 e. The van der Waals surface area contributed by atoms with Crippen LogP contribution in [-0.4, -0.2) is 0 Å². The van der Waals surface area contributed by atoms with Gasteiger partial charge in [-0.2, -0.15) is 0 Å². The zero-order chi connectivity index (χ0) is 8.72. The molecule has 0 amide bonds. The van der Waals surface area contributed by atoms with Gasteiger partial charge < -0.3 is 4.42 Å². The Bertz CT molecular complexity index is 436. The molecule has 1 heterocycles. The third-order valence-electron chi connectivity index (χ3n) is 1.55. The highest BCUT2D eigenvalue weighted by atomic mass is 79.9. The van der Waals surface area contributed by atoms with Gasteiger partial charge in [-0.3, -0.25) is 0 Å². The number of benzene rings is 1. The van der Waals surface area contributed by atoms with Crippen LogP contribution >= 0.6 is 39.1 Å². The number of furan rings is 1. The van der Waals surface area contributed by atoms with Gasteiger partial charge in [-0.05, 0) is 28.1 Å². The van der Waals surface area contributed by atoms with Crippen molar-refractivity contribution in [3.8, 4) is 0 Å². The summed E-state index contributed by atoms with van der Waals surface area (Å²) >= 11 is 15.0. The summed E-state index contributed by atoms with van der Waals surface area (Å²) in [5.74, 6) is 0. The predicted octanol–water partition coefficient (Wildman–Crippen LogP) is 4.50. The van der Waals surface area contributed by atoms with Crippen LogP contribution in [0.4, 0.5) is 0 Å². The lowest BCUT2D eigenvalue weighted by Gasteiger charge is -1.93. The average molecular weight is 266 g/mol. The summed E-state index contributed by atoms with van der Waals surface area (Å²) < 4.78 is 6.06. The van der Waals surface area contributed by atoms with Crippen LogP contribution in [0.5, 0.6) is 0 Å². The monoisotopic (exact) mass is 264 g/mol. The Hall–Kier alpha value is -0.180. The molecular formula is C8H3BrCl2O. The van der Waals surface area contributed by atoms with Gasteiger partial charge in [0.2, 0.25) is 0 Å². The summed E-state index contributed by atoms with van der Waals surface area (Å²) in [6, 6.07) is 3.46. The first-order valence-electron chi connectivity index (χ1n) is 3.20. The summed E-state index contributed by atoms with van der Waals surface area (Å²) in [5.41, 5.74) is 0.660. The van der Waals surface area contributed by atoms with Crippen LogP contribution in [0, 0.1) is 0 Å². The molecule has 0 aliphatic heterocycles. The second kappa shape index (κ2) is 2.95. The number of fused-ring (bicyclic) bond motifs is 1. The van der Waals surface area contributed by atoms with Crippen LogP contribution < -0.4 is 0 Å². The molecule has 2 aromatic rings. The molecule has 0 spiro atoms. The summed E-state index contributed by atoms with van der Waals surface area (Å²) in [4.78, 5) is 0. The van der Waals surface area contributed by atoms with Gasteiger partial charge in [0.15, 0.2) is 5.58 Å². The zero-order valence-corrected chi connectivity index (χ0v) is 8.87. The fourth-order valence-electron chi connectivity index (χ4n) is 1.03. The van der Waals surface area contributed by atoms with E-state index in [-0.39, 0.29) is 0 Å². The van der Waals surface area contributed by atoms with E-state index in [9.17, 15) is 0 Å². The lowest BCUT2D eigenvalue weighted by Crippen LogP contribution is -1.68. The summed E-state index contributed by atoms with van der Waals surface area (Å²) in [6.07, 6.45) is 1.59. The van der Waals surface area contributed by atoms with E-state index in [1.807, 2.05) is 0 Å². The average Bonchev–Trinajstić information content (AvgIpc) is 2.33. The number of hydrogen-bond donors (Lipinski definition) is 0. The first kappa shape index (κ1) is 8.42. The third kappa shape index (κ3) is 1.24. The Morgan fingerprint density at radius 1 is 1.25 bits per heavy atom. The third-order valence-corrected chi connectivity index (χ3v) is 2.66. The molecule has 0 saturated carbocycles. The molecule has 0 bridgehead atoms. The standard InChI is InChI=1S/C8H3BrCl2O/c9-6-3-12-8-5(6)1-4(10)2-7(8)11/h1-3H. The minimum Gasteiger partial charge on any atom is -0.462 e. The lowest BCUT2D eigenvalue weighted by atomic mass is 10.2. The van der Waals surface area contributed by atoms with Crippen molar-refractivity contribution in [2.24, 2.45) is 0 Å². The van der Waals surface area contributed by atoms with Crippen molar-refractivity contribution in [2.75, 3.05) is 0 Å². The molecule has 62 valence electrons. The maximum absolute atomic E-state index is 5.88. The maximum Gasteiger partial charge on any atom is 0.153 e. The number of rotatable bonds is 0. The normalized spacial score (nSPS) is 10.9. The van der Waals surface area contributed by atoms with Gasteiger partial charge in [-0.15, -0.1) is 0 Å². The highest BCUT2D eigenvalue weighted by Crippen LogP contribution is 2.33. The molecule has 0 radical (unpaired) electrons. The van der Waals surface area contributed by atoms with E-state index in [1.165, 1.54) is 0 Å². The minimum absolute atomic E-state index is 0.531. The zero-order valence-electron chi connectivity index (χ0n) is 5.77. The lowest BCUT2D eigenvalue weighted by molar-refractivity contribution is 0.614. The molecule has 0 saturated heterocycles. The van der Waals surface area contributed by atoms with E-state index in [0.29, 0.717) is 15.6 Å². The van der Waals surface area contributed by atoms with Crippen LogP contribution in [0.2, 0.25) is 10.0 Å². The fourth-order valence-corrected chi connectivity index (χ4v) is 1.96. The molecule has 2 rings (SSSR count). The summed E-state index contributed by atoms with van der Waals surface area (Å²) in [7, 11) is 0. The number of hydrogen-bond acceptors (Lipinski definition) is 1. The Labute approximate surface area is 87.4 Å². The smallest absolute Gasteiger partial charge is 0.153 e. The SMILES string of the molecule is Clc1cc(Cl)c2occ(Br)c2c1.